The molecule has 3 aromatic rings. The van der Waals surface area contributed by atoms with Crippen molar-refractivity contribution in [1.29, 1.82) is 0 Å². The van der Waals surface area contributed by atoms with Gasteiger partial charge < -0.3 is 14.8 Å². The number of aromatic nitrogens is 1. The number of rotatable bonds is 6. The summed E-state index contributed by atoms with van der Waals surface area (Å²) in [5.41, 5.74) is 1.88. The Hall–Kier alpha value is -2.58. The lowest BCUT2D eigenvalue weighted by Gasteiger charge is -2.42. The van der Waals surface area contributed by atoms with Gasteiger partial charge in [-0.1, -0.05) is 18.2 Å². The number of aliphatic hydroxyl groups excluding tert-OH is 1. The molecule has 31 heavy (non-hydrogen) atoms. The fourth-order valence-electron chi connectivity index (χ4n) is 4.45. The van der Waals surface area contributed by atoms with Crippen LogP contribution in [0.25, 0.3) is 10.9 Å². The molecule has 1 aliphatic heterocycles. The van der Waals surface area contributed by atoms with Gasteiger partial charge in [0, 0.05) is 47.3 Å². The van der Waals surface area contributed by atoms with Crippen LogP contribution in [0.1, 0.15) is 36.7 Å². The van der Waals surface area contributed by atoms with Crippen LogP contribution >= 0.6 is 0 Å². The largest absolute Gasteiger partial charge is 0.491 e. The molecule has 4 nitrogen and oxygen atoms in total. The molecule has 0 fully saturated rings. The predicted molar refractivity (Wildman–Crippen MR) is 110 cm³/mol. The van der Waals surface area contributed by atoms with Crippen LogP contribution in [-0.4, -0.2) is 46.7 Å². The number of hydrogen-bond acceptors (Lipinski definition) is 3. The highest BCUT2D eigenvalue weighted by atomic mass is 19.3. The fourth-order valence-corrected chi connectivity index (χ4v) is 4.45. The molecule has 4 rings (SSSR count). The highest BCUT2D eigenvalue weighted by Gasteiger charge is 2.42. The lowest BCUT2D eigenvalue weighted by atomic mass is 9.87. The first-order chi connectivity index (χ1) is 14.7. The average molecular weight is 436 g/mol. The van der Waals surface area contributed by atoms with Crippen molar-refractivity contribution in [3.63, 3.8) is 0 Å². The van der Waals surface area contributed by atoms with Crippen molar-refractivity contribution in [2.24, 2.45) is 0 Å². The fraction of sp³-hybridized carbons (Fsp3) is 0.391. The summed E-state index contributed by atoms with van der Waals surface area (Å²) < 4.78 is 63.7. The number of alkyl halides is 2. The summed E-state index contributed by atoms with van der Waals surface area (Å²) in [6.07, 6.45) is 0.479. The molecule has 0 radical (unpaired) electrons. The monoisotopic (exact) mass is 436 g/mol. The molecule has 8 heteroatoms. The molecule has 0 amide bonds. The van der Waals surface area contributed by atoms with Crippen molar-refractivity contribution in [3.8, 4) is 5.75 Å². The van der Waals surface area contributed by atoms with Gasteiger partial charge in [0.1, 0.15) is 24.0 Å². The third kappa shape index (κ3) is 4.14. The van der Waals surface area contributed by atoms with Crippen molar-refractivity contribution in [2.45, 2.75) is 38.3 Å². The van der Waals surface area contributed by atoms with E-state index in [1.54, 1.807) is 6.92 Å². The van der Waals surface area contributed by atoms with E-state index in [2.05, 4.69) is 4.98 Å². The van der Waals surface area contributed by atoms with Crippen LogP contribution in [0.4, 0.5) is 17.6 Å². The van der Waals surface area contributed by atoms with E-state index in [9.17, 15) is 8.78 Å². The van der Waals surface area contributed by atoms with Gasteiger partial charge in [0.25, 0.3) is 5.92 Å². The van der Waals surface area contributed by atoms with Gasteiger partial charge in [-0.15, -0.1) is 0 Å². The van der Waals surface area contributed by atoms with Crippen molar-refractivity contribution in [1.82, 2.24) is 9.88 Å². The highest BCUT2D eigenvalue weighted by Crippen LogP contribution is 2.43. The van der Waals surface area contributed by atoms with E-state index >= 15 is 8.78 Å². The van der Waals surface area contributed by atoms with Crippen LogP contribution in [0.15, 0.2) is 36.4 Å². The molecule has 2 aromatic carbocycles. The minimum atomic E-state index is -3.05. The van der Waals surface area contributed by atoms with Crippen LogP contribution < -0.4 is 4.74 Å². The molecule has 0 saturated carbocycles. The van der Waals surface area contributed by atoms with Crippen LogP contribution in [0, 0.1) is 11.6 Å². The quantitative estimate of drug-likeness (QED) is 0.546. The van der Waals surface area contributed by atoms with Crippen molar-refractivity contribution in [2.75, 3.05) is 19.8 Å². The molecule has 2 heterocycles. The molecule has 0 aliphatic carbocycles. The Labute approximate surface area is 177 Å². The minimum Gasteiger partial charge on any atom is -0.491 e. The molecule has 166 valence electrons. The number of H-pyrrole nitrogens is 1. The number of nitrogens with zero attached hydrogens (tertiary/aromatic N) is 1. The first-order valence-electron chi connectivity index (χ1n) is 10.1. The van der Waals surface area contributed by atoms with E-state index in [0.29, 0.717) is 12.1 Å². The minimum absolute atomic E-state index is 0.0686. The van der Waals surface area contributed by atoms with Crippen LogP contribution in [0.2, 0.25) is 0 Å². The molecule has 1 aliphatic rings. The number of aliphatic hydroxyl groups is 1. The smallest absolute Gasteiger partial charge is 0.257 e. The first-order valence-corrected chi connectivity index (χ1v) is 10.1. The summed E-state index contributed by atoms with van der Waals surface area (Å²) in [7, 11) is 0. The molecule has 0 unspecified atom stereocenters. The van der Waals surface area contributed by atoms with Crippen molar-refractivity contribution >= 4 is 10.9 Å². The second-order valence-electron chi connectivity index (χ2n) is 8.13. The Morgan fingerprint density at radius 1 is 1.19 bits per heavy atom. The Morgan fingerprint density at radius 2 is 1.87 bits per heavy atom. The molecule has 1 aromatic heterocycles. The molecule has 2 atom stereocenters. The van der Waals surface area contributed by atoms with Gasteiger partial charge in [-0.3, -0.25) is 4.90 Å². The van der Waals surface area contributed by atoms with Gasteiger partial charge in [-0.05, 0) is 25.0 Å². The van der Waals surface area contributed by atoms with Gasteiger partial charge in [-0.25, -0.2) is 17.6 Å². The number of aromatic amines is 1. The number of fused-ring (bicyclic) bond motifs is 3. The third-order valence-corrected chi connectivity index (χ3v) is 5.66. The Bertz CT molecular complexity index is 1070. The van der Waals surface area contributed by atoms with Crippen LogP contribution in [0.5, 0.6) is 5.75 Å². The van der Waals surface area contributed by atoms with E-state index in [4.69, 9.17) is 9.84 Å². The van der Waals surface area contributed by atoms with E-state index in [-0.39, 0.29) is 30.6 Å². The van der Waals surface area contributed by atoms with Crippen molar-refractivity contribution in [3.05, 3.63) is 64.9 Å². The van der Waals surface area contributed by atoms with Gasteiger partial charge >= 0.3 is 0 Å². The normalized spacial score (nSPS) is 19.6. The van der Waals surface area contributed by atoms with E-state index in [1.807, 2.05) is 24.3 Å². The molecular weight excluding hydrogens is 412 g/mol. The number of para-hydroxylation sites is 1. The summed E-state index contributed by atoms with van der Waals surface area (Å²) in [5, 5.41) is 9.80. The Morgan fingerprint density at radius 3 is 2.52 bits per heavy atom. The second-order valence-corrected chi connectivity index (χ2v) is 8.13. The molecule has 2 N–H and O–H groups in total. The zero-order valence-corrected chi connectivity index (χ0v) is 17.3. The Balaban J connectivity index is 1.90. The van der Waals surface area contributed by atoms with E-state index in [0.717, 1.165) is 35.5 Å². The maximum atomic E-state index is 15.2. The van der Waals surface area contributed by atoms with Crippen LogP contribution in [-0.2, 0) is 6.42 Å². The molecule has 0 bridgehead atoms. The number of halogens is 4. The molecule has 0 saturated heterocycles. The number of ether oxygens (including phenoxy) is 1. The predicted octanol–water partition coefficient (Wildman–Crippen LogP) is 4.81. The highest BCUT2D eigenvalue weighted by molar-refractivity contribution is 5.85. The standard InChI is InChI=1S/C23H24F4N2O2/c1-13-9-16-15-5-3-4-6-19(15)28-21(16)22(29(13)12-23(2,26)27)20-17(24)10-14(11-18(20)25)31-8-7-30/h3-6,10-11,13,22,28,30H,7-9,12H2,1-2H3/t13-,22-/m1/s1. The van der Waals surface area contributed by atoms with E-state index in [1.165, 1.54) is 4.90 Å². The third-order valence-electron chi connectivity index (χ3n) is 5.66. The average Bonchev–Trinajstić information content (AvgIpc) is 3.05. The number of hydrogen-bond donors (Lipinski definition) is 2. The maximum absolute atomic E-state index is 15.2. The van der Waals surface area contributed by atoms with Crippen molar-refractivity contribution < 1.29 is 27.4 Å². The summed E-state index contributed by atoms with van der Waals surface area (Å²) >= 11 is 0. The summed E-state index contributed by atoms with van der Waals surface area (Å²) in [6.45, 7) is 1.53. The van der Waals surface area contributed by atoms with Gasteiger partial charge in [0.05, 0.1) is 19.2 Å². The Kier molecular flexibility index (Phi) is 5.70. The number of benzene rings is 2. The zero-order chi connectivity index (χ0) is 22.3. The zero-order valence-electron chi connectivity index (χ0n) is 17.3. The maximum Gasteiger partial charge on any atom is 0.257 e. The van der Waals surface area contributed by atoms with Crippen LogP contribution in [0.3, 0.4) is 0 Å². The first kappa shape index (κ1) is 21.6. The lowest BCUT2D eigenvalue weighted by Crippen LogP contribution is -2.47. The summed E-state index contributed by atoms with van der Waals surface area (Å²) in [5.74, 6) is -4.89. The summed E-state index contributed by atoms with van der Waals surface area (Å²) in [4.78, 5) is 4.67. The van der Waals surface area contributed by atoms with Gasteiger partial charge in [-0.2, -0.15) is 0 Å². The topological polar surface area (TPSA) is 48.5 Å². The SMILES string of the molecule is C[C@@H]1Cc2c([nH]c3ccccc23)[C@@H](c2c(F)cc(OCCO)cc2F)N1CC(C)(F)F. The van der Waals surface area contributed by atoms with Gasteiger partial charge in [0.15, 0.2) is 0 Å². The summed E-state index contributed by atoms with van der Waals surface area (Å²) in [6, 6.07) is 8.11. The molecular formula is C23H24F4N2O2. The lowest BCUT2D eigenvalue weighted by molar-refractivity contribution is -0.0374. The second kappa shape index (κ2) is 8.16. The van der Waals surface area contributed by atoms with E-state index < -0.39 is 30.1 Å². The number of nitrogens with one attached hydrogen (secondary N) is 1. The molecule has 0 spiro atoms. The van der Waals surface area contributed by atoms with Gasteiger partial charge in [0.2, 0.25) is 0 Å².